The summed E-state index contributed by atoms with van der Waals surface area (Å²) >= 11 is 1.44. The predicted molar refractivity (Wildman–Crippen MR) is 67.8 cm³/mol. The number of nitrogens with one attached hydrogen (secondary N) is 1. The quantitative estimate of drug-likeness (QED) is 0.772. The van der Waals surface area contributed by atoms with E-state index in [1.807, 2.05) is 24.3 Å². The lowest BCUT2D eigenvalue weighted by Crippen LogP contribution is -2.36. The van der Waals surface area contributed by atoms with E-state index < -0.39 is 12.1 Å². The van der Waals surface area contributed by atoms with Crippen molar-refractivity contribution >= 4 is 33.3 Å². The fraction of sp³-hybridized carbons (Fsp3) is 0.167. The lowest BCUT2D eigenvalue weighted by atomic mass is 10.1. The molecule has 1 aromatic heterocycles. The van der Waals surface area contributed by atoms with Gasteiger partial charge in [-0.15, -0.1) is 11.3 Å². The van der Waals surface area contributed by atoms with Gasteiger partial charge in [-0.05, 0) is 6.07 Å². The van der Waals surface area contributed by atoms with Gasteiger partial charge in [0.25, 0.3) is 5.91 Å². The number of carboxylic acid groups (broad SMARTS) is 1. The van der Waals surface area contributed by atoms with Crippen molar-refractivity contribution in [3.05, 3.63) is 35.2 Å². The van der Waals surface area contributed by atoms with Crippen LogP contribution in [0.3, 0.4) is 0 Å². The second kappa shape index (κ2) is 5.16. The van der Waals surface area contributed by atoms with Crippen molar-refractivity contribution in [1.82, 2.24) is 5.32 Å². The maximum Gasteiger partial charge on any atom is 0.334 e. The zero-order valence-corrected chi connectivity index (χ0v) is 10.1. The fourth-order valence-electron chi connectivity index (χ4n) is 1.53. The van der Waals surface area contributed by atoms with Crippen LogP contribution in [0.4, 0.5) is 0 Å². The van der Waals surface area contributed by atoms with Crippen molar-refractivity contribution in [2.75, 3.05) is 6.54 Å². The highest BCUT2D eigenvalue weighted by atomic mass is 32.1. The second-order valence-electron chi connectivity index (χ2n) is 3.71. The number of fused-ring (bicyclic) bond motifs is 1. The first-order valence-corrected chi connectivity index (χ1v) is 6.13. The Bertz CT molecular complexity index is 593. The molecular weight excluding hydrogens is 254 g/mol. The number of hydrogen-bond donors (Lipinski definition) is 3. The van der Waals surface area contributed by atoms with Crippen molar-refractivity contribution in [2.24, 2.45) is 0 Å². The minimum atomic E-state index is -1.58. The van der Waals surface area contributed by atoms with Gasteiger partial charge in [-0.2, -0.15) is 0 Å². The monoisotopic (exact) mass is 265 g/mol. The summed E-state index contributed by atoms with van der Waals surface area (Å²) in [7, 11) is 0. The molecule has 2 rings (SSSR count). The number of aliphatic carboxylic acids is 1. The molecule has 0 spiro atoms. The minimum Gasteiger partial charge on any atom is -0.479 e. The van der Waals surface area contributed by atoms with Gasteiger partial charge in [-0.25, -0.2) is 4.79 Å². The number of benzene rings is 1. The summed E-state index contributed by atoms with van der Waals surface area (Å²) in [5.74, 6) is -1.74. The number of hydrogen-bond acceptors (Lipinski definition) is 4. The van der Waals surface area contributed by atoms with E-state index in [2.05, 4.69) is 5.32 Å². The SMILES string of the molecule is O=C(NCC(O)C(=O)O)c1csc2ccccc12. The van der Waals surface area contributed by atoms with E-state index in [1.165, 1.54) is 11.3 Å². The number of rotatable bonds is 4. The van der Waals surface area contributed by atoms with Crippen LogP contribution in [0.15, 0.2) is 29.6 Å². The average molecular weight is 265 g/mol. The van der Waals surface area contributed by atoms with Crippen molar-refractivity contribution < 1.29 is 19.8 Å². The van der Waals surface area contributed by atoms with Crippen LogP contribution in [0, 0.1) is 0 Å². The molecule has 0 bridgehead atoms. The molecule has 1 heterocycles. The lowest BCUT2D eigenvalue weighted by molar-refractivity contribution is -0.146. The first-order valence-electron chi connectivity index (χ1n) is 5.25. The van der Waals surface area contributed by atoms with Gasteiger partial charge in [0, 0.05) is 15.5 Å². The first-order chi connectivity index (χ1) is 8.59. The molecule has 1 amide bonds. The van der Waals surface area contributed by atoms with Crippen molar-refractivity contribution in [3.63, 3.8) is 0 Å². The van der Waals surface area contributed by atoms with Crippen LogP contribution in [-0.2, 0) is 4.79 Å². The van der Waals surface area contributed by atoms with Crippen molar-refractivity contribution in [2.45, 2.75) is 6.10 Å². The molecule has 0 aliphatic heterocycles. The van der Waals surface area contributed by atoms with Gasteiger partial charge in [-0.1, -0.05) is 18.2 Å². The van der Waals surface area contributed by atoms with E-state index in [4.69, 9.17) is 10.2 Å². The molecule has 6 heteroatoms. The Morgan fingerprint density at radius 3 is 2.78 bits per heavy atom. The molecule has 0 aliphatic carbocycles. The molecule has 1 aromatic carbocycles. The Labute approximate surface area is 107 Å². The number of aliphatic hydroxyl groups excluding tert-OH is 1. The number of thiophene rings is 1. The Morgan fingerprint density at radius 2 is 2.06 bits per heavy atom. The zero-order chi connectivity index (χ0) is 13.1. The van der Waals surface area contributed by atoms with Gasteiger partial charge in [-0.3, -0.25) is 4.79 Å². The van der Waals surface area contributed by atoms with Gasteiger partial charge in [0.05, 0.1) is 12.1 Å². The third-order valence-corrected chi connectivity index (χ3v) is 3.43. The molecule has 0 saturated heterocycles. The average Bonchev–Trinajstić information content (AvgIpc) is 2.79. The topological polar surface area (TPSA) is 86.6 Å². The number of amides is 1. The van der Waals surface area contributed by atoms with Gasteiger partial charge < -0.3 is 15.5 Å². The van der Waals surface area contributed by atoms with Gasteiger partial charge in [0.2, 0.25) is 0 Å². The summed E-state index contributed by atoms with van der Waals surface area (Å²) < 4.78 is 0.987. The highest BCUT2D eigenvalue weighted by Gasteiger charge is 2.16. The summed E-state index contributed by atoms with van der Waals surface area (Å²) in [4.78, 5) is 22.2. The standard InChI is InChI=1S/C12H11NO4S/c14-9(12(16)17)5-13-11(15)8-6-18-10-4-2-1-3-7(8)10/h1-4,6,9,14H,5H2,(H,13,15)(H,16,17). The minimum absolute atomic E-state index is 0.307. The molecular formula is C12H11NO4S. The second-order valence-corrected chi connectivity index (χ2v) is 4.62. The highest BCUT2D eigenvalue weighted by molar-refractivity contribution is 7.17. The zero-order valence-electron chi connectivity index (χ0n) is 9.29. The van der Waals surface area contributed by atoms with Gasteiger partial charge >= 0.3 is 5.97 Å². The number of carboxylic acids is 1. The third kappa shape index (κ3) is 2.49. The molecule has 0 saturated carbocycles. The van der Waals surface area contributed by atoms with E-state index in [9.17, 15) is 9.59 Å². The van der Waals surface area contributed by atoms with E-state index >= 15 is 0 Å². The maximum absolute atomic E-state index is 11.8. The fourth-order valence-corrected chi connectivity index (χ4v) is 2.47. The van der Waals surface area contributed by atoms with Crippen LogP contribution in [0.25, 0.3) is 10.1 Å². The summed E-state index contributed by atoms with van der Waals surface area (Å²) in [6.45, 7) is -0.307. The van der Waals surface area contributed by atoms with Crippen LogP contribution in [0.5, 0.6) is 0 Å². The Kier molecular flexibility index (Phi) is 3.59. The molecule has 18 heavy (non-hydrogen) atoms. The number of carbonyl (C=O) groups excluding carboxylic acids is 1. The van der Waals surface area contributed by atoms with Crippen molar-refractivity contribution in [1.29, 1.82) is 0 Å². The van der Waals surface area contributed by atoms with Crippen LogP contribution < -0.4 is 5.32 Å². The Balaban J connectivity index is 2.12. The van der Waals surface area contributed by atoms with Gasteiger partial charge in [0.1, 0.15) is 0 Å². The Morgan fingerprint density at radius 1 is 1.33 bits per heavy atom. The largest absolute Gasteiger partial charge is 0.479 e. The summed E-state index contributed by atoms with van der Waals surface area (Å²) in [6, 6.07) is 7.45. The predicted octanol–water partition coefficient (Wildman–Crippen LogP) is 1.08. The van der Waals surface area contributed by atoms with Crippen LogP contribution in [0.2, 0.25) is 0 Å². The molecule has 5 nitrogen and oxygen atoms in total. The molecule has 0 fully saturated rings. The van der Waals surface area contributed by atoms with Crippen LogP contribution in [0.1, 0.15) is 10.4 Å². The first kappa shape index (κ1) is 12.5. The molecule has 1 unspecified atom stereocenters. The molecule has 0 radical (unpaired) electrons. The number of aliphatic hydroxyl groups is 1. The number of carbonyl (C=O) groups is 2. The van der Waals surface area contributed by atoms with E-state index in [1.54, 1.807) is 5.38 Å². The smallest absolute Gasteiger partial charge is 0.334 e. The maximum atomic E-state index is 11.8. The van der Waals surface area contributed by atoms with Crippen LogP contribution >= 0.6 is 11.3 Å². The molecule has 3 N–H and O–H groups in total. The highest BCUT2D eigenvalue weighted by Crippen LogP contribution is 2.25. The van der Waals surface area contributed by atoms with E-state index in [0.717, 1.165) is 10.1 Å². The third-order valence-electron chi connectivity index (χ3n) is 2.47. The summed E-state index contributed by atoms with van der Waals surface area (Å²) in [5.41, 5.74) is 0.494. The van der Waals surface area contributed by atoms with E-state index in [0.29, 0.717) is 5.56 Å². The van der Waals surface area contributed by atoms with Crippen LogP contribution in [-0.4, -0.2) is 34.7 Å². The summed E-state index contributed by atoms with van der Waals surface area (Å²) in [5, 5.41) is 22.5. The molecule has 0 aliphatic rings. The molecule has 1 atom stereocenters. The van der Waals surface area contributed by atoms with Crippen molar-refractivity contribution in [3.8, 4) is 0 Å². The Hall–Kier alpha value is -1.92. The van der Waals surface area contributed by atoms with Gasteiger partial charge in [0.15, 0.2) is 6.10 Å². The molecule has 94 valence electrons. The normalized spacial score (nSPS) is 12.3. The molecule has 2 aromatic rings. The lowest BCUT2D eigenvalue weighted by Gasteiger charge is -2.07. The summed E-state index contributed by atoms with van der Waals surface area (Å²) in [6.07, 6.45) is -1.58. The van der Waals surface area contributed by atoms with E-state index in [-0.39, 0.29) is 12.5 Å².